The molecule has 3 nitrogen and oxygen atoms in total. The van der Waals surface area contributed by atoms with Crippen molar-refractivity contribution in [3.8, 4) is 0 Å². The third kappa shape index (κ3) is 3.82. The van der Waals surface area contributed by atoms with Crippen LogP contribution in [0.5, 0.6) is 0 Å². The Morgan fingerprint density at radius 1 is 1.35 bits per heavy atom. The van der Waals surface area contributed by atoms with Gasteiger partial charge in [0.15, 0.2) is 0 Å². The van der Waals surface area contributed by atoms with Crippen molar-refractivity contribution in [3.63, 3.8) is 0 Å². The Morgan fingerprint density at radius 3 is 2.47 bits per heavy atom. The van der Waals surface area contributed by atoms with Crippen molar-refractivity contribution >= 4 is 5.97 Å². The highest BCUT2D eigenvalue weighted by Gasteiger charge is 2.09. The van der Waals surface area contributed by atoms with Crippen LogP contribution in [-0.2, 0) is 6.42 Å². The molecule has 0 aliphatic heterocycles. The van der Waals surface area contributed by atoms with Crippen molar-refractivity contribution in [2.75, 3.05) is 19.6 Å². The van der Waals surface area contributed by atoms with Crippen LogP contribution < -0.4 is 0 Å². The van der Waals surface area contributed by atoms with Crippen LogP contribution in [0.4, 0.5) is 4.39 Å². The molecule has 0 amide bonds. The van der Waals surface area contributed by atoms with Crippen LogP contribution in [0.3, 0.4) is 0 Å². The molecule has 1 aromatic carbocycles. The normalized spacial score (nSPS) is 10.8. The van der Waals surface area contributed by atoms with E-state index < -0.39 is 11.8 Å². The van der Waals surface area contributed by atoms with Crippen LogP contribution in [0.2, 0.25) is 0 Å². The molecule has 0 aromatic heterocycles. The van der Waals surface area contributed by atoms with Crippen molar-refractivity contribution in [3.05, 3.63) is 35.1 Å². The monoisotopic (exact) mass is 239 g/mol. The lowest BCUT2D eigenvalue weighted by molar-refractivity contribution is 0.0696. The van der Waals surface area contributed by atoms with Gasteiger partial charge in [0.2, 0.25) is 0 Å². The Kier molecular flexibility index (Phi) is 5.10. The Labute approximate surface area is 101 Å². The van der Waals surface area contributed by atoms with Crippen LogP contribution in [-0.4, -0.2) is 35.6 Å². The predicted octanol–water partition coefficient (Wildman–Crippen LogP) is 2.41. The number of aromatic carboxylic acids is 1. The second-order valence-corrected chi connectivity index (χ2v) is 3.89. The summed E-state index contributed by atoms with van der Waals surface area (Å²) in [6.45, 7) is 6.79. The number of hydrogen-bond acceptors (Lipinski definition) is 2. The second kappa shape index (κ2) is 6.35. The van der Waals surface area contributed by atoms with E-state index in [1.54, 1.807) is 6.07 Å². The van der Waals surface area contributed by atoms with Gasteiger partial charge in [-0.1, -0.05) is 19.9 Å². The number of benzene rings is 1. The molecule has 0 spiro atoms. The van der Waals surface area contributed by atoms with Gasteiger partial charge in [-0.15, -0.1) is 0 Å². The zero-order chi connectivity index (χ0) is 12.8. The average molecular weight is 239 g/mol. The van der Waals surface area contributed by atoms with Crippen molar-refractivity contribution in [1.29, 1.82) is 0 Å². The van der Waals surface area contributed by atoms with E-state index in [1.165, 1.54) is 6.07 Å². The molecule has 1 N–H and O–H groups in total. The molecule has 0 fully saturated rings. The maximum Gasteiger partial charge on any atom is 0.335 e. The van der Waals surface area contributed by atoms with E-state index in [-0.39, 0.29) is 5.56 Å². The molecule has 0 atom stereocenters. The fraction of sp³-hybridized carbons (Fsp3) is 0.462. The summed E-state index contributed by atoms with van der Waals surface area (Å²) in [5.41, 5.74) is 0.566. The van der Waals surface area contributed by atoms with E-state index in [2.05, 4.69) is 18.7 Å². The SMILES string of the molecule is CCN(CC)CCc1ccc(C(=O)O)cc1F. The lowest BCUT2D eigenvalue weighted by Gasteiger charge is -2.17. The van der Waals surface area contributed by atoms with E-state index in [0.717, 1.165) is 25.7 Å². The van der Waals surface area contributed by atoms with Crippen LogP contribution >= 0.6 is 0 Å². The molecule has 0 unspecified atom stereocenters. The molecule has 1 rings (SSSR count). The largest absolute Gasteiger partial charge is 0.478 e. The van der Waals surface area contributed by atoms with Crippen LogP contribution in [0.15, 0.2) is 18.2 Å². The highest BCUT2D eigenvalue weighted by molar-refractivity contribution is 5.87. The molecule has 0 heterocycles. The van der Waals surface area contributed by atoms with Gasteiger partial charge in [-0.25, -0.2) is 9.18 Å². The van der Waals surface area contributed by atoms with Crippen molar-refractivity contribution in [2.24, 2.45) is 0 Å². The molecule has 0 aliphatic rings. The number of rotatable bonds is 6. The molecule has 0 saturated heterocycles. The lowest BCUT2D eigenvalue weighted by atomic mass is 10.1. The minimum absolute atomic E-state index is 0.00547. The second-order valence-electron chi connectivity index (χ2n) is 3.89. The van der Waals surface area contributed by atoms with Crippen molar-refractivity contribution in [2.45, 2.75) is 20.3 Å². The third-order valence-electron chi connectivity index (χ3n) is 2.89. The summed E-state index contributed by atoms with van der Waals surface area (Å²) >= 11 is 0. The Morgan fingerprint density at radius 2 is 2.00 bits per heavy atom. The van der Waals surface area contributed by atoms with E-state index >= 15 is 0 Å². The van der Waals surface area contributed by atoms with E-state index in [9.17, 15) is 9.18 Å². The van der Waals surface area contributed by atoms with Gasteiger partial charge in [0.1, 0.15) is 5.82 Å². The van der Waals surface area contributed by atoms with Crippen molar-refractivity contribution in [1.82, 2.24) is 4.90 Å². The quantitative estimate of drug-likeness (QED) is 0.828. The lowest BCUT2D eigenvalue weighted by Crippen LogP contribution is -2.25. The Hall–Kier alpha value is -1.42. The highest BCUT2D eigenvalue weighted by Crippen LogP contribution is 2.11. The number of carboxylic acids is 1. The van der Waals surface area contributed by atoms with Gasteiger partial charge in [0, 0.05) is 6.54 Å². The van der Waals surface area contributed by atoms with E-state index in [4.69, 9.17) is 5.11 Å². The summed E-state index contributed by atoms with van der Waals surface area (Å²) in [5.74, 6) is -1.53. The van der Waals surface area contributed by atoms with Gasteiger partial charge in [0.05, 0.1) is 5.56 Å². The molecule has 0 aliphatic carbocycles. The topological polar surface area (TPSA) is 40.5 Å². The van der Waals surface area contributed by atoms with Gasteiger partial charge < -0.3 is 10.0 Å². The first kappa shape index (κ1) is 13.6. The third-order valence-corrected chi connectivity index (χ3v) is 2.89. The first-order chi connectivity index (χ1) is 8.08. The van der Waals surface area contributed by atoms with Gasteiger partial charge in [0.25, 0.3) is 0 Å². The number of nitrogens with zero attached hydrogens (tertiary/aromatic N) is 1. The van der Waals surface area contributed by atoms with Crippen molar-refractivity contribution < 1.29 is 14.3 Å². The van der Waals surface area contributed by atoms with E-state index in [1.807, 2.05) is 0 Å². The highest BCUT2D eigenvalue weighted by atomic mass is 19.1. The number of hydrogen-bond donors (Lipinski definition) is 1. The first-order valence-corrected chi connectivity index (χ1v) is 5.82. The van der Waals surface area contributed by atoms with Gasteiger partial charge in [-0.2, -0.15) is 0 Å². The Bertz CT molecular complexity index is 389. The minimum atomic E-state index is -1.10. The molecular formula is C13H18FNO2. The number of carboxylic acid groups (broad SMARTS) is 1. The van der Waals surface area contributed by atoms with Crippen LogP contribution in [0.25, 0.3) is 0 Å². The van der Waals surface area contributed by atoms with Gasteiger partial charge in [-0.3, -0.25) is 0 Å². The summed E-state index contributed by atoms with van der Waals surface area (Å²) in [5, 5.41) is 8.72. The fourth-order valence-corrected chi connectivity index (χ4v) is 1.70. The summed E-state index contributed by atoms with van der Waals surface area (Å²) in [7, 11) is 0. The average Bonchev–Trinajstić information content (AvgIpc) is 2.31. The zero-order valence-electron chi connectivity index (χ0n) is 10.2. The summed E-state index contributed by atoms with van der Waals surface area (Å²) in [4.78, 5) is 12.8. The van der Waals surface area contributed by atoms with E-state index in [0.29, 0.717) is 12.0 Å². The maximum absolute atomic E-state index is 13.6. The smallest absolute Gasteiger partial charge is 0.335 e. The maximum atomic E-state index is 13.6. The molecular weight excluding hydrogens is 221 g/mol. The minimum Gasteiger partial charge on any atom is -0.478 e. The summed E-state index contributed by atoms with van der Waals surface area (Å²) in [6.07, 6.45) is 0.605. The Balaban J connectivity index is 2.69. The molecule has 17 heavy (non-hydrogen) atoms. The standard InChI is InChI=1S/C13H18FNO2/c1-3-15(4-2)8-7-10-5-6-11(13(16)17)9-12(10)14/h5-6,9H,3-4,7-8H2,1-2H3,(H,16,17). The molecule has 0 saturated carbocycles. The summed E-state index contributed by atoms with van der Waals surface area (Å²) < 4.78 is 13.6. The molecule has 1 aromatic rings. The van der Waals surface area contributed by atoms with Gasteiger partial charge in [-0.05, 0) is 37.2 Å². The van der Waals surface area contributed by atoms with Gasteiger partial charge >= 0.3 is 5.97 Å². The number of carbonyl (C=O) groups is 1. The fourth-order valence-electron chi connectivity index (χ4n) is 1.70. The summed E-state index contributed by atoms with van der Waals surface area (Å²) in [6, 6.07) is 4.09. The predicted molar refractivity (Wildman–Crippen MR) is 64.9 cm³/mol. The molecule has 4 heteroatoms. The molecule has 0 radical (unpaired) electrons. The van der Waals surface area contributed by atoms with Crippen LogP contribution in [0.1, 0.15) is 29.8 Å². The number of halogens is 1. The molecule has 0 bridgehead atoms. The number of likely N-dealkylation sites (N-methyl/N-ethyl adjacent to an activating group) is 1. The first-order valence-electron chi connectivity index (χ1n) is 5.82. The van der Waals surface area contributed by atoms with Crippen LogP contribution in [0, 0.1) is 5.82 Å². The zero-order valence-corrected chi connectivity index (χ0v) is 10.2. The molecule has 94 valence electrons.